The van der Waals surface area contributed by atoms with Gasteiger partial charge in [0.25, 0.3) is 0 Å². The third kappa shape index (κ3) is 4.24. The van der Waals surface area contributed by atoms with Gasteiger partial charge in [-0.15, -0.1) is 22.7 Å². The number of halogens is 1. The Bertz CT molecular complexity index is 862. The van der Waals surface area contributed by atoms with Crippen LogP contribution in [0, 0.1) is 5.82 Å². The lowest BCUT2D eigenvalue weighted by Crippen LogP contribution is -2.28. The quantitative estimate of drug-likeness (QED) is 0.692. The number of nitrogens with zero attached hydrogens (tertiary/aromatic N) is 1. The van der Waals surface area contributed by atoms with Crippen LogP contribution in [0.25, 0.3) is 9.88 Å². The van der Waals surface area contributed by atoms with E-state index in [9.17, 15) is 9.18 Å². The Morgan fingerprint density at radius 3 is 2.88 bits per heavy atom. The Hall–Kier alpha value is -2.25. The fraction of sp³-hybridized carbons (Fsp3) is 0.222. The fourth-order valence-electron chi connectivity index (χ4n) is 2.39. The second kappa shape index (κ2) is 7.76. The molecule has 1 atom stereocenters. The van der Waals surface area contributed by atoms with Crippen LogP contribution in [-0.4, -0.2) is 18.0 Å². The van der Waals surface area contributed by atoms with E-state index in [1.54, 1.807) is 23.5 Å². The van der Waals surface area contributed by atoms with Gasteiger partial charge < -0.3 is 10.1 Å². The van der Waals surface area contributed by atoms with Crippen LogP contribution in [0.2, 0.25) is 0 Å². The monoisotopic (exact) mass is 376 g/mol. The lowest BCUT2D eigenvalue weighted by molar-refractivity contribution is -0.121. The SMILES string of the molecule is COc1ccc(C(C)NC(=O)Cc2csc(-c3cccs3)n2)cc1F. The molecule has 2 heterocycles. The van der Waals surface area contributed by atoms with Gasteiger partial charge in [-0.3, -0.25) is 4.79 Å². The van der Waals surface area contributed by atoms with E-state index in [2.05, 4.69) is 10.3 Å². The lowest BCUT2D eigenvalue weighted by atomic mass is 10.1. The van der Waals surface area contributed by atoms with Gasteiger partial charge in [-0.2, -0.15) is 0 Å². The summed E-state index contributed by atoms with van der Waals surface area (Å²) in [6.45, 7) is 1.82. The second-order valence-electron chi connectivity index (χ2n) is 5.48. The van der Waals surface area contributed by atoms with Crippen molar-refractivity contribution < 1.29 is 13.9 Å². The Labute approximate surface area is 153 Å². The molecule has 0 fully saturated rings. The Morgan fingerprint density at radius 1 is 1.36 bits per heavy atom. The molecule has 0 saturated heterocycles. The summed E-state index contributed by atoms with van der Waals surface area (Å²) < 4.78 is 18.7. The van der Waals surface area contributed by atoms with Gasteiger partial charge in [0.1, 0.15) is 5.01 Å². The topological polar surface area (TPSA) is 51.2 Å². The Kier molecular flexibility index (Phi) is 5.45. The van der Waals surface area contributed by atoms with E-state index in [1.165, 1.54) is 24.5 Å². The minimum atomic E-state index is -0.443. The summed E-state index contributed by atoms with van der Waals surface area (Å²) in [6, 6.07) is 8.35. The van der Waals surface area contributed by atoms with Crippen molar-refractivity contribution in [2.45, 2.75) is 19.4 Å². The highest BCUT2D eigenvalue weighted by molar-refractivity contribution is 7.20. The molecule has 1 amide bonds. The van der Waals surface area contributed by atoms with Crippen LogP contribution >= 0.6 is 22.7 Å². The average molecular weight is 376 g/mol. The van der Waals surface area contributed by atoms with E-state index in [0.717, 1.165) is 15.6 Å². The third-order valence-corrected chi connectivity index (χ3v) is 5.61. The van der Waals surface area contributed by atoms with Gasteiger partial charge in [-0.25, -0.2) is 9.37 Å². The molecular weight excluding hydrogens is 359 g/mol. The summed E-state index contributed by atoms with van der Waals surface area (Å²) in [5, 5.41) is 7.69. The van der Waals surface area contributed by atoms with Gasteiger partial charge in [-0.1, -0.05) is 12.1 Å². The molecule has 2 aromatic heterocycles. The molecule has 25 heavy (non-hydrogen) atoms. The highest BCUT2D eigenvalue weighted by Gasteiger charge is 2.14. The summed E-state index contributed by atoms with van der Waals surface area (Å²) in [4.78, 5) is 17.8. The van der Waals surface area contributed by atoms with E-state index < -0.39 is 5.82 Å². The van der Waals surface area contributed by atoms with Gasteiger partial charge in [0.05, 0.1) is 30.1 Å². The van der Waals surface area contributed by atoms with E-state index in [4.69, 9.17) is 4.74 Å². The first-order valence-electron chi connectivity index (χ1n) is 7.68. The summed E-state index contributed by atoms with van der Waals surface area (Å²) in [7, 11) is 1.42. The molecule has 0 aliphatic rings. The molecule has 0 aliphatic carbocycles. The van der Waals surface area contributed by atoms with E-state index in [-0.39, 0.29) is 24.1 Å². The number of aromatic nitrogens is 1. The van der Waals surface area contributed by atoms with Crippen molar-refractivity contribution in [2.24, 2.45) is 0 Å². The smallest absolute Gasteiger partial charge is 0.226 e. The first-order chi connectivity index (χ1) is 12.1. The minimum Gasteiger partial charge on any atom is -0.494 e. The van der Waals surface area contributed by atoms with Crippen LogP contribution in [0.1, 0.15) is 24.2 Å². The molecule has 4 nitrogen and oxygen atoms in total. The highest BCUT2D eigenvalue weighted by atomic mass is 32.1. The molecule has 3 aromatic rings. The van der Waals surface area contributed by atoms with Crippen LogP contribution in [0.4, 0.5) is 4.39 Å². The molecule has 1 aromatic carbocycles. The van der Waals surface area contributed by atoms with Gasteiger partial charge in [0.2, 0.25) is 5.91 Å². The number of carbonyl (C=O) groups is 1. The molecule has 1 N–H and O–H groups in total. The number of hydrogen-bond donors (Lipinski definition) is 1. The fourth-order valence-corrected chi connectivity index (χ4v) is 4.03. The molecule has 1 unspecified atom stereocenters. The van der Waals surface area contributed by atoms with Crippen molar-refractivity contribution in [1.29, 1.82) is 0 Å². The molecule has 0 bridgehead atoms. The molecule has 130 valence electrons. The van der Waals surface area contributed by atoms with Gasteiger partial charge in [-0.05, 0) is 36.1 Å². The molecule has 3 rings (SSSR count). The van der Waals surface area contributed by atoms with E-state index >= 15 is 0 Å². The van der Waals surface area contributed by atoms with Crippen LogP contribution in [0.15, 0.2) is 41.1 Å². The lowest BCUT2D eigenvalue weighted by Gasteiger charge is -2.15. The Morgan fingerprint density at radius 2 is 2.20 bits per heavy atom. The maximum Gasteiger partial charge on any atom is 0.226 e. The van der Waals surface area contributed by atoms with Crippen LogP contribution in [0.3, 0.4) is 0 Å². The van der Waals surface area contributed by atoms with Gasteiger partial charge in [0.15, 0.2) is 11.6 Å². The number of hydrogen-bond acceptors (Lipinski definition) is 5. The van der Waals surface area contributed by atoms with Crippen molar-refractivity contribution in [3.05, 3.63) is 58.2 Å². The summed E-state index contributed by atoms with van der Waals surface area (Å²) in [5.41, 5.74) is 1.42. The number of benzene rings is 1. The zero-order valence-electron chi connectivity index (χ0n) is 13.8. The number of amides is 1. The van der Waals surface area contributed by atoms with Gasteiger partial charge in [0, 0.05) is 5.38 Å². The number of thiazole rings is 1. The van der Waals surface area contributed by atoms with Gasteiger partial charge >= 0.3 is 0 Å². The van der Waals surface area contributed by atoms with Crippen LogP contribution < -0.4 is 10.1 Å². The average Bonchev–Trinajstić information content (AvgIpc) is 3.25. The number of thiophene rings is 1. The second-order valence-corrected chi connectivity index (χ2v) is 7.29. The molecule has 0 aliphatic heterocycles. The molecule has 0 spiro atoms. The summed E-state index contributed by atoms with van der Waals surface area (Å²) >= 11 is 3.15. The van der Waals surface area contributed by atoms with Crippen LogP contribution in [-0.2, 0) is 11.2 Å². The zero-order chi connectivity index (χ0) is 17.8. The van der Waals surface area contributed by atoms with Crippen molar-refractivity contribution in [1.82, 2.24) is 10.3 Å². The number of carbonyl (C=O) groups excluding carboxylic acids is 1. The maximum absolute atomic E-state index is 13.8. The number of rotatable bonds is 6. The highest BCUT2D eigenvalue weighted by Crippen LogP contribution is 2.28. The molecule has 7 heteroatoms. The largest absolute Gasteiger partial charge is 0.494 e. The number of ether oxygens (including phenoxy) is 1. The van der Waals surface area contributed by atoms with Crippen molar-refractivity contribution in [3.63, 3.8) is 0 Å². The minimum absolute atomic E-state index is 0.147. The maximum atomic E-state index is 13.8. The third-order valence-electron chi connectivity index (χ3n) is 3.68. The molecule has 0 radical (unpaired) electrons. The normalized spacial score (nSPS) is 12.0. The molecular formula is C18H17FN2O2S2. The standard InChI is InChI=1S/C18H17FN2O2S2/c1-11(12-5-6-15(23-2)14(19)8-12)20-17(22)9-13-10-25-18(21-13)16-4-3-7-24-16/h3-8,10-11H,9H2,1-2H3,(H,20,22). The molecule has 0 saturated carbocycles. The summed E-state index contributed by atoms with van der Waals surface area (Å²) in [5.74, 6) is -0.404. The predicted octanol–water partition coefficient (Wildman–Crippen LogP) is 4.44. The number of methoxy groups -OCH3 is 1. The van der Waals surface area contributed by atoms with Crippen molar-refractivity contribution in [3.8, 4) is 15.6 Å². The van der Waals surface area contributed by atoms with Crippen molar-refractivity contribution >= 4 is 28.6 Å². The first kappa shape index (κ1) is 17.6. The van der Waals surface area contributed by atoms with Crippen molar-refractivity contribution in [2.75, 3.05) is 7.11 Å². The van der Waals surface area contributed by atoms with E-state index in [0.29, 0.717) is 5.56 Å². The van der Waals surface area contributed by atoms with Crippen LogP contribution in [0.5, 0.6) is 5.75 Å². The Balaban J connectivity index is 1.61. The first-order valence-corrected chi connectivity index (χ1v) is 9.44. The zero-order valence-corrected chi connectivity index (χ0v) is 15.4. The number of nitrogens with one attached hydrogen (secondary N) is 1. The summed E-state index contributed by atoms with van der Waals surface area (Å²) in [6.07, 6.45) is 0.199. The predicted molar refractivity (Wildman–Crippen MR) is 98.6 cm³/mol. The van der Waals surface area contributed by atoms with E-state index in [1.807, 2.05) is 29.8 Å².